The normalized spacial score (nSPS) is 9.08. The standard InChI is InChI=1S/C11H15Br.C7H8.C4H6O/c1-4-5-10-6-7-11(12)9(3)8(10)2;1-7-5-3-2-4-6-7;1-3-4(2)5/h6-7H,4-5H2,1-3H3;2-6H,1H3;3H,1H2,2H3. The second kappa shape index (κ2) is 12.7. The number of halogens is 1. The van der Waals surface area contributed by atoms with Crippen LogP contribution >= 0.6 is 15.9 Å². The van der Waals surface area contributed by atoms with Crippen molar-refractivity contribution < 1.29 is 4.79 Å². The van der Waals surface area contributed by atoms with Crippen LogP contribution in [0.5, 0.6) is 0 Å². The van der Waals surface area contributed by atoms with Gasteiger partial charge in [-0.05, 0) is 62.9 Å². The van der Waals surface area contributed by atoms with E-state index in [9.17, 15) is 4.79 Å². The first-order valence-corrected chi connectivity index (χ1v) is 9.02. The van der Waals surface area contributed by atoms with Gasteiger partial charge in [-0.15, -0.1) is 0 Å². The molecule has 0 aliphatic rings. The maximum Gasteiger partial charge on any atom is 0.152 e. The van der Waals surface area contributed by atoms with Gasteiger partial charge in [0.25, 0.3) is 0 Å². The van der Waals surface area contributed by atoms with E-state index in [-0.39, 0.29) is 5.78 Å². The molecule has 0 aliphatic carbocycles. The van der Waals surface area contributed by atoms with Crippen LogP contribution in [0, 0.1) is 20.8 Å². The lowest BCUT2D eigenvalue weighted by Gasteiger charge is -2.08. The van der Waals surface area contributed by atoms with Gasteiger partial charge in [-0.3, -0.25) is 4.79 Å². The van der Waals surface area contributed by atoms with Crippen LogP contribution in [0.1, 0.15) is 42.5 Å². The molecule has 24 heavy (non-hydrogen) atoms. The monoisotopic (exact) mass is 388 g/mol. The lowest BCUT2D eigenvalue weighted by atomic mass is 10.0. The molecule has 0 aromatic heterocycles. The van der Waals surface area contributed by atoms with Gasteiger partial charge < -0.3 is 0 Å². The van der Waals surface area contributed by atoms with E-state index in [1.807, 2.05) is 18.2 Å². The number of allylic oxidation sites excluding steroid dienone is 1. The summed E-state index contributed by atoms with van der Waals surface area (Å²) in [4.78, 5) is 9.69. The number of carbonyl (C=O) groups is 1. The molecule has 0 atom stereocenters. The van der Waals surface area contributed by atoms with Gasteiger partial charge >= 0.3 is 0 Å². The van der Waals surface area contributed by atoms with Crippen LogP contribution in [0.15, 0.2) is 59.6 Å². The van der Waals surface area contributed by atoms with Gasteiger partial charge in [-0.1, -0.05) is 77.8 Å². The Bertz CT molecular complexity index is 630. The summed E-state index contributed by atoms with van der Waals surface area (Å²) < 4.78 is 1.22. The minimum atomic E-state index is 0.0185. The first-order valence-electron chi connectivity index (χ1n) is 8.22. The molecule has 0 N–H and O–H groups in total. The molecule has 0 spiro atoms. The zero-order valence-corrected chi connectivity index (χ0v) is 17.1. The van der Waals surface area contributed by atoms with Crippen LogP contribution < -0.4 is 0 Å². The van der Waals surface area contributed by atoms with Crippen LogP contribution in [0.4, 0.5) is 0 Å². The van der Waals surface area contributed by atoms with E-state index in [1.54, 1.807) is 0 Å². The van der Waals surface area contributed by atoms with E-state index in [4.69, 9.17) is 0 Å². The number of ketones is 1. The average molecular weight is 389 g/mol. The summed E-state index contributed by atoms with van der Waals surface area (Å²) >= 11 is 3.53. The van der Waals surface area contributed by atoms with Crippen molar-refractivity contribution in [3.05, 3.63) is 81.8 Å². The van der Waals surface area contributed by atoms with Crippen molar-refractivity contribution in [2.75, 3.05) is 0 Å². The summed E-state index contributed by atoms with van der Waals surface area (Å²) in [5.74, 6) is 0.0185. The van der Waals surface area contributed by atoms with Crippen molar-refractivity contribution in [2.45, 2.75) is 47.5 Å². The molecule has 130 valence electrons. The third-order valence-electron chi connectivity index (χ3n) is 3.58. The minimum absolute atomic E-state index is 0.0185. The van der Waals surface area contributed by atoms with Gasteiger partial charge in [0.15, 0.2) is 5.78 Å². The molecule has 1 nitrogen and oxygen atoms in total. The lowest BCUT2D eigenvalue weighted by molar-refractivity contribution is -0.112. The number of aryl methyl sites for hydroxylation is 2. The van der Waals surface area contributed by atoms with Crippen molar-refractivity contribution in [3.63, 3.8) is 0 Å². The third-order valence-corrected chi connectivity index (χ3v) is 4.44. The number of carbonyl (C=O) groups excluding carboxylic acids is 1. The molecule has 0 heterocycles. The first-order chi connectivity index (χ1) is 11.3. The summed E-state index contributed by atoms with van der Waals surface area (Å²) in [7, 11) is 0. The number of hydrogen-bond donors (Lipinski definition) is 0. The van der Waals surface area contributed by atoms with Crippen molar-refractivity contribution in [2.24, 2.45) is 0 Å². The van der Waals surface area contributed by atoms with Crippen LogP contribution in [0.25, 0.3) is 0 Å². The summed E-state index contributed by atoms with van der Waals surface area (Å²) in [5, 5.41) is 0. The van der Waals surface area contributed by atoms with Crippen LogP contribution in [0.2, 0.25) is 0 Å². The van der Waals surface area contributed by atoms with E-state index in [2.05, 4.69) is 74.5 Å². The summed E-state index contributed by atoms with van der Waals surface area (Å²) in [6.45, 7) is 13.3. The second-order valence-electron chi connectivity index (χ2n) is 5.68. The highest BCUT2D eigenvalue weighted by Gasteiger charge is 2.02. The smallest absolute Gasteiger partial charge is 0.152 e. The Kier molecular flexibility index (Phi) is 11.8. The molecule has 2 rings (SSSR count). The first kappa shape index (κ1) is 22.3. The van der Waals surface area contributed by atoms with E-state index in [0.717, 1.165) is 0 Å². The fraction of sp³-hybridized carbons (Fsp3) is 0.318. The average Bonchev–Trinajstić information content (AvgIpc) is 2.57. The highest BCUT2D eigenvalue weighted by Crippen LogP contribution is 2.23. The predicted octanol–water partition coefficient (Wildman–Crippen LogP) is 6.77. The van der Waals surface area contributed by atoms with E-state index in [0.29, 0.717) is 0 Å². The van der Waals surface area contributed by atoms with Gasteiger partial charge in [0.1, 0.15) is 0 Å². The van der Waals surface area contributed by atoms with Crippen LogP contribution in [-0.2, 0) is 11.2 Å². The molecule has 2 aromatic carbocycles. The Morgan fingerprint density at radius 1 is 1.04 bits per heavy atom. The molecule has 0 radical (unpaired) electrons. The van der Waals surface area contributed by atoms with Gasteiger partial charge in [0.05, 0.1) is 0 Å². The Balaban J connectivity index is 0.000000373. The Morgan fingerprint density at radius 2 is 1.58 bits per heavy atom. The molecule has 2 heteroatoms. The molecule has 2 aromatic rings. The molecule has 0 bridgehead atoms. The summed E-state index contributed by atoms with van der Waals surface area (Å²) in [6, 6.07) is 14.6. The summed E-state index contributed by atoms with van der Waals surface area (Å²) in [6.07, 6.45) is 3.70. The molecule has 0 fully saturated rings. The zero-order chi connectivity index (χ0) is 18.5. The van der Waals surface area contributed by atoms with E-state index in [1.165, 1.54) is 52.6 Å². The third kappa shape index (κ3) is 9.46. The Morgan fingerprint density at radius 3 is 1.96 bits per heavy atom. The van der Waals surface area contributed by atoms with Gasteiger partial charge in [-0.2, -0.15) is 0 Å². The molecular weight excluding hydrogens is 360 g/mol. The molecular formula is C22H29BrO. The number of rotatable bonds is 3. The fourth-order valence-electron chi connectivity index (χ4n) is 1.92. The Labute approximate surface area is 155 Å². The van der Waals surface area contributed by atoms with Crippen molar-refractivity contribution >= 4 is 21.7 Å². The highest BCUT2D eigenvalue weighted by molar-refractivity contribution is 9.10. The molecule has 0 saturated heterocycles. The number of benzene rings is 2. The zero-order valence-electron chi connectivity index (χ0n) is 15.5. The molecule has 0 saturated carbocycles. The lowest BCUT2D eigenvalue weighted by Crippen LogP contribution is -1.92. The Hall–Kier alpha value is -1.67. The quantitative estimate of drug-likeness (QED) is 0.529. The van der Waals surface area contributed by atoms with E-state index >= 15 is 0 Å². The number of hydrogen-bond acceptors (Lipinski definition) is 1. The molecule has 0 unspecified atom stereocenters. The predicted molar refractivity (Wildman–Crippen MR) is 110 cm³/mol. The highest BCUT2D eigenvalue weighted by atomic mass is 79.9. The van der Waals surface area contributed by atoms with Crippen molar-refractivity contribution in [1.29, 1.82) is 0 Å². The maximum atomic E-state index is 9.69. The molecule has 0 amide bonds. The van der Waals surface area contributed by atoms with Crippen LogP contribution in [-0.4, -0.2) is 5.78 Å². The van der Waals surface area contributed by atoms with Gasteiger partial charge in [0, 0.05) is 4.47 Å². The van der Waals surface area contributed by atoms with Gasteiger partial charge in [0.2, 0.25) is 0 Å². The minimum Gasteiger partial charge on any atom is -0.295 e. The maximum absolute atomic E-state index is 9.69. The topological polar surface area (TPSA) is 17.1 Å². The second-order valence-corrected chi connectivity index (χ2v) is 6.53. The SMILES string of the molecule is C=CC(C)=O.CCCc1ccc(Br)c(C)c1C.Cc1ccccc1. The van der Waals surface area contributed by atoms with Gasteiger partial charge in [-0.25, -0.2) is 0 Å². The van der Waals surface area contributed by atoms with Crippen LogP contribution in [0.3, 0.4) is 0 Å². The fourth-order valence-corrected chi connectivity index (χ4v) is 2.35. The molecule has 0 aliphatic heterocycles. The summed E-state index contributed by atoms with van der Waals surface area (Å²) in [5.41, 5.74) is 5.62. The largest absolute Gasteiger partial charge is 0.295 e. The van der Waals surface area contributed by atoms with Crippen molar-refractivity contribution in [3.8, 4) is 0 Å². The van der Waals surface area contributed by atoms with Crippen molar-refractivity contribution in [1.82, 2.24) is 0 Å². The van der Waals surface area contributed by atoms with E-state index < -0.39 is 0 Å².